The molecule has 0 amide bonds. The van der Waals surface area contributed by atoms with E-state index < -0.39 is 17.9 Å². The summed E-state index contributed by atoms with van der Waals surface area (Å²) in [5.74, 6) is 1.57. The van der Waals surface area contributed by atoms with Gasteiger partial charge in [-0.1, -0.05) is 18.2 Å². The van der Waals surface area contributed by atoms with Crippen molar-refractivity contribution in [3.63, 3.8) is 0 Å². The number of hydrogen-bond acceptors (Lipinski definition) is 10. The number of fused-ring (bicyclic) bond motifs is 1. The number of para-hydroxylation sites is 1. The van der Waals surface area contributed by atoms with Crippen molar-refractivity contribution in [1.29, 1.82) is 0 Å². The van der Waals surface area contributed by atoms with Gasteiger partial charge in [-0.2, -0.15) is 0 Å². The van der Waals surface area contributed by atoms with Gasteiger partial charge in [0.1, 0.15) is 17.1 Å². The van der Waals surface area contributed by atoms with Crippen LogP contribution >= 0.6 is 0 Å². The molecule has 11 nitrogen and oxygen atoms in total. The summed E-state index contributed by atoms with van der Waals surface area (Å²) < 4.78 is 18.3. The van der Waals surface area contributed by atoms with Gasteiger partial charge in [0.15, 0.2) is 0 Å². The van der Waals surface area contributed by atoms with Gasteiger partial charge in [0, 0.05) is 18.0 Å². The molecule has 0 aliphatic carbocycles. The van der Waals surface area contributed by atoms with Gasteiger partial charge < -0.3 is 29.5 Å². The number of carbonyl (C=O) groups is 1. The predicted octanol–water partition coefficient (Wildman–Crippen LogP) is 5.17. The average Bonchev–Trinajstić information content (AvgIpc) is 3.35. The van der Waals surface area contributed by atoms with E-state index in [9.17, 15) is 9.90 Å². The Morgan fingerprint density at radius 3 is 2.56 bits per heavy atom. The van der Waals surface area contributed by atoms with E-state index in [1.54, 1.807) is 41.2 Å². The molecular weight excluding hydrogens is 526 g/mol. The highest BCUT2D eigenvalue weighted by molar-refractivity contribution is 5.72. The Kier molecular flexibility index (Phi) is 8.00. The fourth-order valence-corrected chi connectivity index (χ4v) is 4.93. The van der Waals surface area contributed by atoms with Gasteiger partial charge in [-0.25, -0.2) is 14.3 Å². The van der Waals surface area contributed by atoms with Crippen molar-refractivity contribution in [3.05, 3.63) is 66.4 Å². The van der Waals surface area contributed by atoms with E-state index in [4.69, 9.17) is 24.1 Å². The van der Waals surface area contributed by atoms with Crippen LogP contribution in [0.3, 0.4) is 0 Å². The number of benzene rings is 2. The van der Waals surface area contributed by atoms with Gasteiger partial charge in [-0.3, -0.25) is 0 Å². The van der Waals surface area contributed by atoms with Crippen LogP contribution in [0.1, 0.15) is 38.7 Å². The molecule has 41 heavy (non-hydrogen) atoms. The van der Waals surface area contributed by atoms with E-state index in [-0.39, 0.29) is 12.5 Å². The SMILES string of the molecule is COc1cc([C@@H]2CCN(OC(=O)OC(C)(C)C)C[C@@H]2O)ccc1Nc1ncc2ccc(-c3ccccc3OC)n2n1. The zero-order valence-electron chi connectivity index (χ0n) is 23.8. The molecule has 3 heterocycles. The van der Waals surface area contributed by atoms with Crippen LogP contribution in [0, 0.1) is 0 Å². The van der Waals surface area contributed by atoms with Crippen LogP contribution < -0.4 is 14.8 Å². The lowest BCUT2D eigenvalue weighted by molar-refractivity contribution is -0.170. The molecule has 2 aromatic heterocycles. The fraction of sp³-hybridized carbons (Fsp3) is 0.367. The quantitative estimate of drug-likeness (QED) is 0.292. The maximum Gasteiger partial charge on any atom is 0.528 e. The molecular formula is C30H35N5O6. The molecule has 216 valence electrons. The van der Waals surface area contributed by atoms with Gasteiger partial charge in [0.2, 0.25) is 5.95 Å². The van der Waals surface area contributed by atoms with E-state index in [1.807, 2.05) is 59.1 Å². The number of piperidine rings is 1. The van der Waals surface area contributed by atoms with Crippen LogP contribution in [0.4, 0.5) is 16.4 Å². The second kappa shape index (κ2) is 11.6. The van der Waals surface area contributed by atoms with E-state index >= 15 is 0 Å². The molecule has 5 rings (SSSR count). The summed E-state index contributed by atoms with van der Waals surface area (Å²) in [4.78, 5) is 21.8. The number of anilines is 2. The van der Waals surface area contributed by atoms with Crippen molar-refractivity contribution in [1.82, 2.24) is 19.7 Å². The molecule has 1 saturated heterocycles. The molecule has 0 spiro atoms. The summed E-state index contributed by atoms with van der Waals surface area (Å²) in [6.07, 6.45) is 0.801. The van der Waals surface area contributed by atoms with Crippen molar-refractivity contribution >= 4 is 23.3 Å². The number of aromatic nitrogens is 3. The Labute approximate surface area is 238 Å². The first kappa shape index (κ1) is 28.2. The van der Waals surface area contributed by atoms with Gasteiger partial charge >= 0.3 is 6.16 Å². The lowest BCUT2D eigenvalue weighted by Crippen LogP contribution is -2.44. The smallest absolute Gasteiger partial charge is 0.496 e. The lowest BCUT2D eigenvalue weighted by atomic mass is 9.87. The number of aliphatic hydroxyl groups is 1. The molecule has 1 fully saturated rings. The number of nitrogens with zero attached hydrogens (tertiary/aromatic N) is 4. The standard InChI is InChI=1S/C30H35N5O6/c1-30(2,3)40-29(37)41-34-15-14-21(25(36)18-34)19-10-12-23(27(16-19)39-5)32-28-31-17-20-11-13-24(35(20)33-28)22-8-6-7-9-26(22)38-4/h6-13,16-17,21,25,36H,14-15,18H2,1-5H3,(H,32,33)/t21-,25-/m0/s1. The molecule has 0 unspecified atom stereocenters. The minimum atomic E-state index is -0.782. The zero-order valence-corrected chi connectivity index (χ0v) is 23.8. The van der Waals surface area contributed by atoms with Crippen LogP contribution in [0.5, 0.6) is 11.5 Å². The van der Waals surface area contributed by atoms with Gasteiger partial charge in [-0.05, 0) is 69.2 Å². The second-order valence-corrected chi connectivity index (χ2v) is 10.8. The summed E-state index contributed by atoms with van der Waals surface area (Å²) >= 11 is 0. The monoisotopic (exact) mass is 561 g/mol. The third-order valence-corrected chi connectivity index (χ3v) is 6.82. The Morgan fingerprint density at radius 2 is 1.83 bits per heavy atom. The highest BCUT2D eigenvalue weighted by Gasteiger charge is 2.32. The minimum Gasteiger partial charge on any atom is -0.496 e. The van der Waals surface area contributed by atoms with Crippen molar-refractivity contribution in [2.75, 3.05) is 32.6 Å². The number of ether oxygens (including phenoxy) is 3. The molecule has 0 bridgehead atoms. The summed E-state index contributed by atoms with van der Waals surface area (Å²) in [6.45, 7) is 5.94. The number of methoxy groups -OCH3 is 2. The third-order valence-electron chi connectivity index (χ3n) is 6.82. The Balaban J connectivity index is 1.31. The molecule has 0 saturated carbocycles. The van der Waals surface area contributed by atoms with Crippen molar-refractivity contribution in [2.45, 2.75) is 44.8 Å². The van der Waals surface area contributed by atoms with Gasteiger partial charge in [0.05, 0.1) is 50.0 Å². The molecule has 2 N–H and O–H groups in total. The van der Waals surface area contributed by atoms with Crippen molar-refractivity contribution in [2.24, 2.45) is 0 Å². The first-order chi connectivity index (χ1) is 19.6. The van der Waals surface area contributed by atoms with E-state index in [2.05, 4.69) is 10.3 Å². The van der Waals surface area contributed by atoms with Crippen LogP contribution in [-0.4, -0.2) is 69.9 Å². The fourth-order valence-electron chi connectivity index (χ4n) is 4.93. The van der Waals surface area contributed by atoms with E-state index in [1.165, 1.54) is 5.06 Å². The highest BCUT2D eigenvalue weighted by Crippen LogP contribution is 2.36. The predicted molar refractivity (Wildman–Crippen MR) is 154 cm³/mol. The average molecular weight is 562 g/mol. The summed E-state index contributed by atoms with van der Waals surface area (Å²) in [6, 6.07) is 17.4. The van der Waals surface area contributed by atoms with Crippen molar-refractivity contribution in [3.8, 4) is 22.8 Å². The molecule has 11 heteroatoms. The number of β-amino-alcohol motifs (C(OH)–C–C–N with tert-alkyl or cyclic N) is 1. The highest BCUT2D eigenvalue weighted by atomic mass is 16.8. The Morgan fingerprint density at radius 1 is 1.05 bits per heavy atom. The van der Waals surface area contributed by atoms with Crippen LogP contribution in [0.15, 0.2) is 60.8 Å². The normalized spacial score (nSPS) is 17.7. The van der Waals surface area contributed by atoms with Gasteiger partial charge in [-0.15, -0.1) is 10.2 Å². The Hall–Kier alpha value is -4.35. The molecule has 2 aromatic carbocycles. The number of aliphatic hydroxyl groups excluding tert-OH is 1. The summed E-state index contributed by atoms with van der Waals surface area (Å²) in [7, 11) is 3.24. The van der Waals surface area contributed by atoms with E-state index in [0.29, 0.717) is 30.4 Å². The van der Waals surface area contributed by atoms with Crippen molar-refractivity contribution < 1.29 is 28.9 Å². The lowest BCUT2D eigenvalue weighted by Gasteiger charge is -2.35. The first-order valence-corrected chi connectivity index (χ1v) is 13.4. The van der Waals surface area contributed by atoms with Crippen LogP contribution in [0.25, 0.3) is 16.8 Å². The number of nitrogens with one attached hydrogen (secondary N) is 1. The third kappa shape index (κ3) is 6.36. The minimum absolute atomic E-state index is 0.160. The summed E-state index contributed by atoms with van der Waals surface area (Å²) in [5.41, 5.74) is 3.58. The topological polar surface area (TPSA) is 120 Å². The second-order valence-electron chi connectivity index (χ2n) is 10.8. The summed E-state index contributed by atoms with van der Waals surface area (Å²) in [5, 5.41) is 20.3. The zero-order chi connectivity index (χ0) is 29.1. The molecule has 4 aromatic rings. The largest absolute Gasteiger partial charge is 0.528 e. The van der Waals surface area contributed by atoms with Crippen LogP contribution in [-0.2, 0) is 9.57 Å². The maximum atomic E-state index is 12.0. The Bertz CT molecular complexity index is 1530. The molecule has 2 atom stereocenters. The number of rotatable bonds is 7. The molecule has 0 radical (unpaired) electrons. The molecule has 1 aliphatic heterocycles. The molecule has 1 aliphatic rings. The van der Waals surface area contributed by atoms with Crippen LogP contribution in [0.2, 0.25) is 0 Å². The van der Waals surface area contributed by atoms with E-state index in [0.717, 1.165) is 28.1 Å². The number of hydroxylamine groups is 2. The van der Waals surface area contributed by atoms with Gasteiger partial charge in [0.25, 0.3) is 0 Å². The first-order valence-electron chi connectivity index (χ1n) is 13.4. The maximum absolute atomic E-state index is 12.0. The number of carbonyl (C=O) groups excluding carboxylic acids is 1. The number of hydrogen-bond donors (Lipinski definition) is 2.